The van der Waals surface area contributed by atoms with E-state index < -0.39 is 0 Å². The number of nitrogens with zero attached hydrogens (tertiary/aromatic N) is 3. The van der Waals surface area contributed by atoms with Gasteiger partial charge in [-0.2, -0.15) is 0 Å². The first-order chi connectivity index (χ1) is 9.99. The van der Waals surface area contributed by atoms with Crippen LogP contribution in [0.25, 0.3) is 0 Å². The Morgan fingerprint density at radius 2 is 1.81 bits per heavy atom. The highest BCUT2D eigenvalue weighted by molar-refractivity contribution is 5.44. The Hall–Kier alpha value is -2.10. The molecule has 2 aromatic rings. The second kappa shape index (κ2) is 6.57. The Kier molecular flexibility index (Phi) is 4.78. The lowest BCUT2D eigenvalue weighted by molar-refractivity contribution is 0.668. The van der Waals surface area contributed by atoms with Crippen molar-refractivity contribution < 1.29 is 0 Å². The number of nitrogens with two attached hydrogens (primary N) is 1. The lowest BCUT2D eigenvalue weighted by Crippen LogP contribution is -2.31. The molecule has 21 heavy (non-hydrogen) atoms. The van der Waals surface area contributed by atoms with E-state index in [1.165, 1.54) is 5.56 Å². The van der Waals surface area contributed by atoms with Crippen molar-refractivity contribution in [2.75, 3.05) is 10.6 Å². The number of aryl methyl sites for hydroxylation is 2. The van der Waals surface area contributed by atoms with Crippen molar-refractivity contribution in [2.24, 2.45) is 0 Å². The van der Waals surface area contributed by atoms with Crippen LogP contribution in [-0.2, 0) is 13.0 Å². The number of aromatic nitrogens is 2. The van der Waals surface area contributed by atoms with Crippen molar-refractivity contribution in [3.63, 3.8) is 0 Å². The molecular weight excluding hydrogens is 260 g/mol. The van der Waals surface area contributed by atoms with Crippen molar-refractivity contribution in [2.45, 2.75) is 46.7 Å². The van der Waals surface area contributed by atoms with Crippen LogP contribution in [0.1, 0.15) is 37.9 Å². The summed E-state index contributed by atoms with van der Waals surface area (Å²) in [7, 11) is 0. The van der Waals surface area contributed by atoms with Gasteiger partial charge in [0.1, 0.15) is 11.6 Å². The number of anilines is 2. The smallest absolute Gasteiger partial charge is 0.133 e. The quantitative estimate of drug-likeness (QED) is 0.856. The molecule has 0 atom stereocenters. The van der Waals surface area contributed by atoms with E-state index in [9.17, 15) is 0 Å². The lowest BCUT2D eigenvalue weighted by atomic mass is 10.1. The topological polar surface area (TPSA) is 55.0 Å². The van der Waals surface area contributed by atoms with E-state index >= 15 is 0 Å². The number of hydrogen-bond acceptors (Lipinski definition) is 4. The fourth-order valence-electron chi connectivity index (χ4n) is 2.29. The monoisotopic (exact) mass is 284 g/mol. The summed E-state index contributed by atoms with van der Waals surface area (Å²) in [5, 5.41) is 0. The molecule has 0 spiro atoms. The van der Waals surface area contributed by atoms with Gasteiger partial charge < -0.3 is 10.6 Å². The van der Waals surface area contributed by atoms with E-state index in [-0.39, 0.29) is 0 Å². The third-order valence-electron chi connectivity index (χ3n) is 3.49. The second-order valence-electron chi connectivity index (χ2n) is 5.58. The molecule has 0 aliphatic rings. The molecule has 2 rings (SSSR count). The molecule has 0 saturated heterocycles. The van der Waals surface area contributed by atoms with Crippen LogP contribution in [0.4, 0.5) is 11.5 Å². The van der Waals surface area contributed by atoms with E-state index in [1.807, 2.05) is 19.1 Å². The molecule has 0 bridgehead atoms. The molecule has 4 nitrogen and oxygen atoms in total. The van der Waals surface area contributed by atoms with Gasteiger partial charge in [0, 0.05) is 30.0 Å². The van der Waals surface area contributed by atoms with Crippen molar-refractivity contribution in [3.8, 4) is 0 Å². The first kappa shape index (κ1) is 15.3. The van der Waals surface area contributed by atoms with E-state index in [4.69, 9.17) is 5.73 Å². The van der Waals surface area contributed by atoms with E-state index in [0.717, 1.165) is 36.0 Å². The Balaban J connectivity index is 2.30. The zero-order chi connectivity index (χ0) is 15.4. The van der Waals surface area contributed by atoms with E-state index in [2.05, 4.69) is 53.8 Å². The molecule has 0 aliphatic carbocycles. The molecule has 0 aliphatic heterocycles. The number of benzene rings is 1. The first-order valence-electron chi connectivity index (χ1n) is 7.45. The van der Waals surface area contributed by atoms with Gasteiger partial charge in [-0.05, 0) is 44.9 Å². The van der Waals surface area contributed by atoms with Crippen molar-refractivity contribution in [1.82, 2.24) is 9.97 Å². The Bertz CT molecular complexity index is 590. The van der Waals surface area contributed by atoms with Crippen molar-refractivity contribution in [1.29, 1.82) is 0 Å². The molecular formula is C17H24N4. The molecule has 112 valence electrons. The highest BCUT2D eigenvalue weighted by atomic mass is 15.2. The summed E-state index contributed by atoms with van der Waals surface area (Å²) < 4.78 is 0. The summed E-state index contributed by atoms with van der Waals surface area (Å²) in [6, 6.07) is 10.5. The fraction of sp³-hybridized carbons (Fsp3) is 0.412. The summed E-state index contributed by atoms with van der Waals surface area (Å²) in [6.07, 6.45) is 0.921. The summed E-state index contributed by atoms with van der Waals surface area (Å²) in [5.41, 5.74) is 8.86. The van der Waals surface area contributed by atoms with Crippen LogP contribution in [-0.4, -0.2) is 16.0 Å². The molecule has 1 aromatic carbocycles. The van der Waals surface area contributed by atoms with Gasteiger partial charge in [-0.25, -0.2) is 9.97 Å². The zero-order valence-corrected chi connectivity index (χ0v) is 13.3. The maximum absolute atomic E-state index is 5.75. The lowest BCUT2D eigenvalue weighted by Gasteiger charge is -2.28. The van der Waals surface area contributed by atoms with Gasteiger partial charge in [-0.3, -0.25) is 0 Å². The Morgan fingerprint density at radius 1 is 1.14 bits per heavy atom. The Labute approximate surface area is 127 Å². The molecule has 1 aromatic heterocycles. The van der Waals surface area contributed by atoms with Crippen LogP contribution in [0.3, 0.4) is 0 Å². The predicted molar refractivity (Wildman–Crippen MR) is 88.3 cm³/mol. The minimum absolute atomic E-state index is 0.363. The van der Waals surface area contributed by atoms with Gasteiger partial charge in [0.15, 0.2) is 0 Å². The van der Waals surface area contributed by atoms with Crippen LogP contribution in [0.15, 0.2) is 30.3 Å². The molecule has 0 saturated carbocycles. The van der Waals surface area contributed by atoms with Crippen LogP contribution in [0.5, 0.6) is 0 Å². The minimum Gasteiger partial charge on any atom is -0.399 e. The maximum Gasteiger partial charge on any atom is 0.133 e. The highest BCUT2D eigenvalue weighted by Gasteiger charge is 2.14. The van der Waals surface area contributed by atoms with Gasteiger partial charge >= 0.3 is 0 Å². The largest absolute Gasteiger partial charge is 0.399 e. The SMILES string of the molecule is CCc1cc(N(Cc2ccc(N)cc2)C(C)C)nc(C)n1. The summed E-state index contributed by atoms with van der Waals surface area (Å²) >= 11 is 0. The molecule has 1 heterocycles. The van der Waals surface area contributed by atoms with Crippen molar-refractivity contribution in [3.05, 3.63) is 47.4 Å². The normalized spacial score (nSPS) is 10.9. The predicted octanol–water partition coefficient (Wildman–Crippen LogP) is 3.34. The highest BCUT2D eigenvalue weighted by Crippen LogP contribution is 2.20. The molecule has 4 heteroatoms. The minimum atomic E-state index is 0.363. The van der Waals surface area contributed by atoms with Gasteiger partial charge in [0.2, 0.25) is 0 Å². The molecule has 0 amide bonds. The molecule has 2 N–H and O–H groups in total. The summed E-state index contributed by atoms with van der Waals surface area (Å²) in [6.45, 7) is 9.24. The third kappa shape index (κ3) is 3.94. The maximum atomic E-state index is 5.75. The molecule has 0 radical (unpaired) electrons. The first-order valence-corrected chi connectivity index (χ1v) is 7.45. The number of nitrogen functional groups attached to an aromatic ring is 1. The van der Waals surface area contributed by atoms with Crippen LogP contribution < -0.4 is 10.6 Å². The van der Waals surface area contributed by atoms with Gasteiger partial charge in [-0.15, -0.1) is 0 Å². The Morgan fingerprint density at radius 3 is 2.38 bits per heavy atom. The standard InChI is InChI=1S/C17H24N4/c1-5-16-10-17(20-13(4)19-16)21(12(2)3)11-14-6-8-15(18)9-7-14/h6-10,12H,5,11,18H2,1-4H3. The average Bonchev–Trinajstić information content (AvgIpc) is 2.45. The van der Waals surface area contributed by atoms with Crippen LogP contribution in [0.2, 0.25) is 0 Å². The molecule has 0 unspecified atom stereocenters. The second-order valence-corrected chi connectivity index (χ2v) is 5.58. The average molecular weight is 284 g/mol. The summed E-state index contributed by atoms with van der Waals surface area (Å²) in [4.78, 5) is 11.4. The third-order valence-corrected chi connectivity index (χ3v) is 3.49. The van der Waals surface area contributed by atoms with Crippen LogP contribution >= 0.6 is 0 Å². The number of rotatable bonds is 5. The van der Waals surface area contributed by atoms with E-state index in [0.29, 0.717) is 6.04 Å². The van der Waals surface area contributed by atoms with E-state index in [1.54, 1.807) is 0 Å². The number of hydrogen-bond donors (Lipinski definition) is 1. The van der Waals surface area contributed by atoms with Crippen LogP contribution in [0, 0.1) is 6.92 Å². The summed E-state index contributed by atoms with van der Waals surface area (Å²) in [5.74, 6) is 1.82. The van der Waals surface area contributed by atoms with Crippen molar-refractivity contribution >= 4 is 11.5 Å². The zero-order valence-electron chi connectivity index (χ0n) is 13.3. The fourth-order valence-corrected chi connectivity index (χ4v) is 2.29. The van der Waals surface area contributed by atoms with Gasteiger partial charge in [0.05, 0.1) is 0 Å². The van der Waals surface area contributed by atoms with Gasteiger partial charge in [0.25, 0.3) is 0 Å². The molecule has 0 fully saturated rings. The van der Waals surface area contributed by atoms with Gasteiger partial charge in [-0.1, -0.05) is 19.1 Å².